The zero-order chi connectivity index (χ0) is 20.7. The van der Waals surface area contributed by atoms with Crippen molar-refractivity contribution in [1.29, 1.82) is 0 Å². The minimum absolute atomic E-state index is 0.00860. The number of likely N-dealkylation sites (N-methyl/N-ethyl adjacent to an activating group) is 3. The zero-order valence-corrected chi connectivity index (χ0v) is 17.2. The number of nitrogens with zero attached hydrogens (tertiary/aromatic N) is 3. The van der Waals surface area contributed by atoms with Crippen LogP contribution < -0.4 is 5.73 Å². The maximum atomic E-state index is 12.5. The lowest BCUT2D eigenvalue weighted by molar-refractivity contribution is -0.128. The van der Waals surface area contributed by atoms with Gasteiger partial charge in [0, 0.05) is 39.3 Å². The van der Waals surface area contributed by atoms with Crippen molar-refractivity contribution in [2.75, 3.05) is 47.8 Å². The van der Waals surface area contributed by atoms with Crippen molar-refractivity contribution >= 4 is 11.8 Å². The fourth-order valence-electron chi connectivity index (χ4n) is 2.84. The van der Waals surface area contributed by atoms with Gasteiger partial charge < -0.3 is 20.4 Å². The van der Waals surface area contributed by atoms with E-state index in [0.717, 1.165) is 23.2 Å². The van der Waals surface area contributed by atoms with Gasteiger partial charge in [0.1, 0.15) is 0 Å². The number of rotatable bonds is 8. The standard InChI is InChI=1S/C22H30N4O2/c1-24(2)12-13-25(3)22(28)19-10-8-18(9-11-19)20-7-5-6-17(14-20)16-26(4)21(27)15-23/h5-11,14H,12-13,15-16,23H2,1-4H3. The molecule has 2 aromatic rings. The maximum absolute atomic E-state index is 12.5. The molecule has 0 bridgehead atoms. The Morgan fingerprint density at radius 1 is 0.857 bits per heavy atom. The molecule has 6 heteroatoms. The van der Waals surface area contributed by atoms with E-state index in [1.807, 2.05) is 63.6 Å². The highest BCUT2D eigenvalue weighted by Gasteiger charge is 2.12. The lowest BCUT2D eigenvalue weighted by Crippen LogP contribution is -2.33. The lowest BCUT2D eigenvalue weighted by Gasteiger charge is -2.20. The van der Waals surface area contributed by atoms with E-state index in [-0.39, 0.29) is 18.4 Å². The Kier molecular flexibility index (Phi) is 7.72. The second kappa shape index (κ2) is 10.0. The number of carbonyl (C=O) groups excluding carboxylic acids is 2. The van der Waals surface area contributed by atoms with Crippen LogP contribution >= 0.6 is 0 Å². The van der Waals surface area contributed by atoms with Crippen LogP contribution in [0.4, 0.5) is 0 Å². The van der Waals surface area contributed by atoms with Crippen molar-refractivity contribution in [3.05, 3.63) is 59.7 Å². The van der Waals surface area contributed by atoms with Crippen LogP contribution in [0, 0.1) is 0 Å². The van der Waals surface area contributed by atoms with Gasteiger partial charge in [-0.3, -0.25) is 9.59 Å². The Labute approximate surface area is 167 Å². The molecule has 2 aromatic carbocycles. The van der Waals surface area contributed by atoms with Gasteiger partial charge in [0.15, 0.2) is 0 Å². The minimum Gasteiger partial charge on any atom is -0.340 e. The molecule has 0 heterocycles. The summed E-state index contributed by atoms with van der Waals surface area (Å²) in [5, 5.41) is 0. The molecular weight excluding hydrogens is 352 g/mol. The van der Waals surface area contributed by atoms with Crippen LogP contribution in [0.5, 0.6) is 0 Å². The highest BCUT2D eigenvalue weighted by molar-refractivity contribution is 5.94. The number of hydrogen-bond acceptors (Lipinski definition) is 4. The molecule has 150 valence electrons. The van der Waals surface area contributed by atoms with Crippen LogP contribution in [-0.2, 0) is 11.3 Å². The van der Waals surface area contributed by atoms with Gasteiger partial charge >= 0.3 is 0 Å². The first-order valence-corrected chi connectivity index (χ1v) is 9.35. The van der Waals surface area contributed by atoms with Gasteiger partial charge in [-0.2, -0.15) is 0 Å². The fraction of sp³-hybridized carbons (Fsp3) is 0.364. The maximum Gasteiger partial charge on any atom is 0.253 e. The number of carbonyl (C=O) groups is 2. The van der Waals surface area contributed by atoms with Crippen molar-refractivity contribution in [1.82, 2.24) is 14.7 Å². The number of benzene rings is 2. The molecule has 0 spiro atoms. The van der Waals surface area contributed by atoms with Gasteiger partial charge in [-0.15, -0.1) is 0 Å². The summed E-state index contributed by atoms with van der Waals surface area (Å²) in [4.78, 5) is 29.6. The molecule has 2 rings (SSSR count). The monoisotopic (exact) mass is 382 g/mol. The van der Waals surface area contributed by atoms with Gasteiger partial charge in [-0.05, 0) is 49.0 Å². The van der Waals surface area contributed by atoms with Crippen molar-refractivity contribution in [2.45, 2.75) is 6.54 Å². The van der Waals surface area contributed by atoms with Crippen LogP contribution in [0.2, 0.25) is 0 Å². The molecular formula is C22H30N4O2. The average Bonchev–Trinajstić information content (AvgIpc) is 2.71. The minimum atomic E-state index is -0.0911. The van der Waals surface area contributed by atoms with Gasteiger partial charge in [0.05, 0.1) is 6.54 Å². The normalized spacial score (nSPS) is 10.8. The van der Waals surface area contributed by atoms with Gasteiger partial charge in [-0.25, -0.2) is 0 Å². The van der Waals surface area contributed by atoms with Gasteiger partial charge in [0.2, 0.25) is 5.91 Å². The summed E-state index contributed by atoms with van der Waals surface area (Å²) in [6, 6.07) is 15.7. The second-order valence-electron chi connectivity index (χ2n) is 7.26. The molecule has 0 aliphatic rings. The van der Waals surface area contributed by atoms with E-state index < -0.39 is 0 Å². The van der Waals surface area contributed by atoms with Crippen molar-refractivity contribution < 1.29 is 9.59 Å². The molecule has 0 unspecified atom stereocenters. The molecule has 0 atom stereocenters. The summed E-state index contributed by atoms with van der Waals surface area (Å²) in [6.07, 6.45) is 0. The SMILES string of the molecule is CN(C)CCN(C)C(=O)c1ccc(-c2cccc(CN(C)C(=O)CN)c2)cc1. The summed E-state index contributed by atoms with van der Waals surface area (Å²) < 4.78 is 0. The van der Waals surface area contributed by atoms with E-state index >= 15 is 0 Å². The van der Waals surface area contributed by atoms with E-state index in [4.69, 9.17) is 5.73 Å². The smallest absolute Gasteiger partial charge is 0.253 e. The molecule has 0 aliphatic heterocycles. The van der Waals surface area contributed by atoms with E-state index in [1.54, 1.807) is 16.8 Å². The first-order chi connectivity index (χ1) is 13.3. The summed E-state index contributed by atoms with van der Waals surface area (Å²) in [5.74, 6) is -0.0734. The molecule has 0 radical (unpaired) electrons. The highest BCUT2D eigenvalue weighted by atomic mass is 16.2. The largest absolute Gasteiger partial charge is 0.340 e. The van der Waals surface area contributed by atoms with E-state index in [1.165, 1.54) is 0 Å². The third-order valence-electron chi connectivity index (χ3n) is 4.64. The first-order valence-electron chi connectivity index (χ1n) is 9.35. The Morgan fingerprint density at radius 3 is 2.14 bits per heavy atom. The fourth-order valence-corrected chi connectivity index (χ4v) is 2.84. The van der Waals surface area contributed by atoms with E-state index in [2.05, 4.69) is 11.0 Å². The molecule has 6 nitrogen and oxygen atoms in total. The van der Waals surface area contributed by atoms with E-state index in [9.17, 15) is 9.59 Å². The van der Waals surface area contributed by atoms with Gasteiger partial charge in [-0.1, -0.05) is 30.3 Å². The number of nitrogens with two attached hydrogens (primary N) is 1. The van der Waals surface area contributed by atoms with Crippen molar-refractivity contribution in [3.8, 4) is 11.1 Å². The predicted octanol–water partition coefficient (Wildman–Crippen LogP) is 1.90. The second-order valence-corrected chi connectivity index (χ2v) is 7.26. The molecule has 0 saturated heterocycles. The third kappa shape index (κ3) is 5.90. The zero-order valence-electron chi connectivity index (χ0n) is 17.2. The molecule has 28 heavy (non-hydrogen) atoms. The summed E-state index contributed by atoms with van der Waals surface area (Å²) in [5.41, 5.74) is 9.20. The van der Waals surface area contributed by atoms with Crippen molar-refractivity contribution in [3.63, 3.8) is 0 Å². The Bertz CT molecular complexity index is 802. The molecule has 0 aromatic heterocycles. The number of amides is 2. The highest BCUT2D eigenvalue weighted by Crippen LogP contribution is 2.22. The predicted molar refractivity (Wildman–Crippen MR) is 113 cm³/mol. The van der Waals surface area contributed by atoms with E-state index in [0.29, 0.717) is 18.7 Å². The summed E-state index contributed by atoms with van der Waals surface area (Å²) in [6.45, 7) is 2.03. The van der Waals surface area contributed by atoms with Gasteiger partial charge in [0.25, 0.3) is 5.91 Å². The summed E-state index contributed by atoms with van der Waals surface area (Å²) in [7, 11) is 7.55. The molecule has 0 fully saturated rings. The number of hydrogen-bond donors (Lipinski definition) is 1. The lowest BCUT2D eigenvalue weighted by atomic mass is 10.0. The van der Waals surface area contributed by atoms with Crippen LogP contribution in [0.1, 0.15) is 15.9 Å². The molecule has 2 amide bonds. The van der Waals surface area contributed by atoms with Crippen LogP contribution in [-0.4, -0.2) is 74.3 Å². The summed E-state index contributed by atoms with van der Waals surface area (Å²) >= 11 is 0. The molecule has 2 N–H and O–H groups in total. The first kappa shape index (κ1) is 21.6. The molecule has 0 aliphatic carbocycles. The quantitative estimate of drug-likeness (QED) is 0.757. The molecule has 0 saturated carbocycles. The van der Waals surface area contributed by atoms with Crippen molar-refractivity contribution in [2.24, 2.45) is 5.73 Å². The third-order valence-corrected chi connectivity index (χ3v) is 4.64. The topological polar surface area (TPSA) is 69.9 Å². The van der Waals surface area contributed by atoms with Crippen LogP contribution in [0.25, 0.3) is 11.1 Å². The Hall–Kier alpha value is -2.70. The van der Waals surface area contributed by atoms with Crippen LogP contribution in [0.3, 0.4) is 0 Å². The average molecular weight is 383 g/mol. The Morgan fingerprint density at radius 2 is 1.54 bits per heavy atom. The Balaban J connectivity index is 2.10. The van der Waals surface area contributed by atoms with Crippen LogP contribution in [0.15, 0.2) is 48.5 Å².